The van der Waals surface area contributed by atoms with E-state index in [1.54, 1.807) is 13.0 Å². The van der Waals surface area contributed by atoms with Crippen molar-refractivity contribution in [3.8, 4) is 0 Å². The van der Waals surface area contributed by atoms with Crippen LogP contribution in [0.3, 0.4) is 0 Å². The number of anilines is 2. The molecule has 9 heteroatoms. The fourth-order valence-electron chi connectivity index (χ4n) is 1.88. The van der Waals surface area contributed by atoms with Crippen LogP contribution in [0.5, 0.6) is 0 Å². The van der Waals surface area contributed by atoms with Gasteiger partial charge in [0.2, 0.25) is 10.0 Å². The number of hydrogen-bond acceptors (Lipinski definition) is 5. The van der Waals surface area contributed by atoms with Crippen molar-refractivity contribution in [2.75, 3.05) is 12.4 Å². The normalized spacial score (nSPS) is 11.3. The first-order valence-electron chi connectivity index (χ1n) is 6.50. The number of halogens is 1. The Kier molecular flexibility index (Phi) is 4.62. The maximum absolute atomic E-state index is 13.5. The molecule has 0 aliphatic heterocycles. The largest absolute Gasteiger partial charge is 0.350 e. The zero-order valence-electron chi connectivity index (χ0n) is 12.3. The molecule has 0 heterocycles. The van der Waals surface area contributed by atoms with Gasteiger partial charge >= 0.3 is 0 Å². The summed E-state index contributed by atoms with van der Waals surface area (Å²) in [6.45, 7) is 1.60. The minimum atomic E-state index is -3.80. The SMILES string of the molecule is CNS(=O)(=O)c1ccc(Nc2ccc(C)c(F)c2)c([N+](=O)[O-])c1. The van der Waals surface area contributed by atoms with E-state index in [1.165, 1.54) is 31.3 Å². The van der Waals surface area contributed by atoms with Crippen LogP contribution in [0.2, 0.25) is 0 Å². The van der Waals surface area contributed by atoms with Gasteiger partial charge in [-0.3, -0.25) is 10.1 Å². The molecule has 2 N–H and O–H groups in total. The molecule has 0 unspecified atom stereocenters. The molecule has 122 valence electrons. The second kappa shape index (κ2) is 6.31. The molecule has 7 nitrogen and oxygen atoms in total. The highest BCUT2D eigenvalue weighted by atomic mass is 32.2. The van der Waals surface area contributed by atoms with Crippen LogP contribution in [-0.2, 0) is 10.0 Å². The Hall–Kier alpha value is -2.52. The summed E-state index contributed by atoms with van der Waals surface area (Å²) >= 11 is 0. The third-order valence-corrected chi connectivity index (χ3v) is 4.61. The Balaban J connectivity index is 2.46. The zero-order valence-corrected chi connectivity index (χ0v) is 13.1. The molecule has 0 aliphatic rings. The van der Waals surface area contributed by atoms with Crippen LogP contribution in [0.15, 0.2) is 41.3 Å². The molecule has 0 spiro atoms. The standard InChI is InChI=1S/C14H14FN3O4S/c1-9-3-4-10(7-12(9)15)17-13-6-5-11(23(21,22)16-2)8-14(13)18(19)20/h3-8,16-17H,1-2H3. The van der Waals surface area contributed by atoms with Gasteiger partial charge in [-0.25, -0.2) is 17.5 Å². The maximum Gasteiger partial charge on any atom is 0.294 e. The van der Waals surface area contributed by atoms with Crippen LogP contribution in [0.4, 0.5) is 21.5 Å². The smallest absolute Gasteiger partial charge is 0.294 e. The lowest BCUT2D eigenvalue weighted by molar-refractivity contribution is -0.384. The van der Waals surface area contributed by atoms with E-state index < -0.39 is 26.5 Å². The Bertz CT molecular complexity index is 868. The number of nitro benzene ring substituents is 1. The predicted molar refractivity (Wildman–Crippen MR) is 83.8 cm³/mol. The van der Waals surface area contributed by atoms with Gasteiger partial charge in [0.05, 0.1) is 9.82 Å². The summed E-state index contributed by atoms with van der Waals surface area (Å²) < 4.78 is 39.1. The van der Waals surface area contributed by atoms with Crippen molar-refractivity contribution in [1.29, 1.82) is 0 Å². The van der Waals surface area contributed by atoms with Gasteiger partial charge in [-0.2, -0.15) is 0 Å². The van der Waals surface area contributed by atoms with Crippen molar-refractivity contribution in [1.82, 2.24) is 4.72 Å². The van der Waals surface area contributed by atoms with Gasteiger partial charge in [0.1, 0.15) is 11.5 Å². The summed E-state index contributed by atoms with van der Waals surface area (Å²) in [5.74, 6) is -0.452. The molecule has 0 saturated carbocycles. The monoisotopic (exact) mass is 339 g/mol. The third kappa shape index (κ3) is 3.63. The van der Waals surface area contributed by atoms with Crippen molar-refractivity contribution in [3.05, 3.63) is 57.9 Å². The van der Waals surface area contributed by atoms with Crippen LogP contribution in [0, 0.1) is 22.9 Å². The number of hydrogen-bond donors (Lipinski definition) is 2. The predicted octanol–water partition coefficient (Wildman–Crippen LogP) is 2.69. The molecule has 0 aliphatic carbocycles. The quantitative estimate of drug-likeness (QED) is 0.644. The van der Waals surface area contributed by atoms with Gasteiger partial charge in [-0.15, -0.1) is 0 Å². The van der Waals surface area contributed by atoms with Crippen LogP contribution in [0.1, 0.15) is 5.56 Å². The minimum absolute atomic E-state index is 0.0632. The van der Waals surface area contributed by atoms with Crippen molar-refractivity contribution in [3.63, 3.8) is 0 Å². The summed E-state index contributed by atoms with van der Waals surface area (Å²) in [7, 11) is -2.59. The number of nitrogens with zero attached hydrogens (tertiary/aromatic N) is 1. The first kappa shape index (κ1) is 16.8. The van der Waals surface area contributed by atoms with Crippen molar-refractivity contribution in [2.24, 2.45) is 0 Å². The molecule has 2 aromatic rings. The number of sulfonamides is 1. The topological polar surface area (TPSA) is 101 Å². The summed E-state index contributed by atoms with van der Waals surface area (Å²) in [4.78, 5) is 10.2. The fraction of sp³-hybridized carbons (Fsp3) is 0.143. The third-order valence-electron chi connectivity index (χ3n) is 3.20. The number of benzene rings is 2. The summed E-state index contributed by atoms with van der Waals surface area (Å²) in [6, 6.07) is 7.74. The molecule has 2 rings (SSSR count). The number of nitrogens with one attached hydrogen (secondary N) is 2. The lowest BCUT2D eigenvalue weighted by Gasteiger charge is -2.09. The Morgan fingerprint density at radius 3 is 2.43 bits per heavy atom. The van der Waals surface area contributed by atoms with Gasteiger partial charge < -0.3 is 5.32 Å². The lowest BCUT2D eigenvalue weighted by Crippen LogP contribution is -2.18. The Morgan fingerprint density at radius 2 is 1.87 bits per heavy atom. The van der Waals surface area contributed by atoms with E-state index in [9.17, 15) is 22.9 Å². The van der Waals surface area contributed by atoms with Crippen LogP contribution >= 0.6 is 0 Å². The van der Waals surface area contributed by atoms with Crippen LogP contribution in [-0.4, -0.2) is 20.4 Å². The van der Waals surface area contributed by atoms with Crippen LogP contribution in [0.25, 0.3) is 0 Å². The Labute approximate surface area is 132 Å². The molecule has 0 fully saturated rings. The van der Waals surface area contributed by atoms with Crippen molar-refractivity contribution >= 4 is 27.1 Å². The van der Waals surface area contributed by atoms with Gasteiger partial charge in [0.15, 0.2) is 0 Å². The van der Waals surface area contributed by atoms with E-state index in [2.05, 4.69) is 10.0 Å². The molecular formula is C14H14FN3O4S. The van der Waals surface area contributed by atoms with Crippen molar-refractivity contribution in [2.45, 2.75) is 11.8 Å². The van der Waals surface area contributed by atoms with E-state index in [0.29, 0.717) is 11.3 Å². The van der Waals surface area contributed by atoms with E-state index in [-0.39, 0.29) is 10.6 Å². The van der Waals surface area contributed by atoms with Gasteiger partial charge in [-0.1, -0.05) is 6.07 Å². The molecule has 0 aromatic heterocycles. The molecular weight excluding hydrogens is 325 g/mol. The molecule has 2 aromatic carbocycles. The molecule has 0 amide bonds. The first-order chi connectivity index (χ1) is 10.7. The summed E-state index contributed by atoms with van der Waals surface area (Å²) in [6.07, 6.45) is 0. The zero-order chi connectivity index (χ0) is 17.2. The highest BCUT2D eigenvalue weighted by molar-refractivity contribution is 7.89. The highest BCUT2D eigenvalue weighted by Gasteiger charge is 2.20. The van der Waals surface area contributed by atoms with Crippen LogP contribution < -0.4 is 10.0 Å². The Morgan fingerprint density at radius 1 is 1.17 bits per heavy atom. The average molecular weight is 339 g/mol. The second-order valence-electron chi connectivity index (χ2n) is 4.73. The number of nitro groups is 1. The summed E-state index contributed by atoms with van der Waals surface area (Å²) in [5, 5.41) is 13.9. The van der Waals surface area contributed by atoms with E-state index in [0.717, 1.165) is 6.07 Å². The lowest BCUT2D eigenvalue weighted by atomic mass is 10.2. The molecule has 0 bridgehead atoms. The minimum Gasteiger partial charge on any atom is -0.350 e. The van der Waals surface area contributed by atoms with Gasteiger partial charge in [0, 0.05) is 11.8 Å². The number of rotatable bonds is 5. The van der Waals surface area contributed by atoms with E-state index in [1.807, 2.05) is 0 Å². The van der Waals surface area contributed by atoms with E-state index >= 15 is 0 Å². The summed E-state index contributed by atoms with van der Waals surface area (Å²) in [5.41, 5.74) is 0.400. The second-order valence-corrected chi connectivity index (χ2v) is 6.62. The number of aryl methyl sites for hydroxylation is 1. The molecule has 23 heavy (non-hydrogen) atoms. The molecule has 0 atom stereocenters. The molecule has 0 radical (unpaired) electrons. The molecule has 0 saturated heterocycles. The van der Waals surface area contributed by atoms with Gasteiger partial charge in [0.25, 0.3) is 5.69 Å². The van der Waals surface area contributed by atoms with Gasteiger partial charge in [-0.05, 0) is 43.8 Å². The maximum atomic E-state index is 13.5. The fourth-order valence-corrected chi connectivity index (χ4v) is 2.63. The van der Waals surface area contributed by atoms with E-state index in [4.69, 9.17) is 0 Å². The highest BCUT2D eigenvalue weighted by Crippen LogP contribution is 2.30. The van der Waals surface area contributed by atoms with Crippen molar-refractivity contribution < 1.29 is 17.7 Å². The average Bonchev–Trinajstić information content (AvgIpc) is 2.51. The first-order valence-corrected chi connectivity index (χ1v) is 7.98.